The smallest absolute Gasteiger partial charge is 0.261 e. The number of hydrogen-bond donors (Lipinski definition) is 1. The van der Waals surface area contributed by atoms with Gasteiger partial charge in [0.05, 0.1) is 7.11 Å². The van der Waals surface area contributed by atoms with Crippen LogP contribution in [0.25, 0.3) is 0 Å². The van der Waals surface area contributed by atoms with Crippen LogP contribution in [0.2, 0.25) is 0 Å². The lowest BCUT2D eigenvalue weighted by molar-refractivity contribution is -0.127. The van der Waals surface area contributed by atoms with E-state index < -0.39 is 6.10 Å². The minimum atomic E-state index is -0.577. The predicted octanol–water partition coefficient (Wildman–Crippen LogP) is 3.37. The van der Waals surface area contributed by atoms with E-state index in [-0.39, 0.29) is 5.91 Å². The van der Waals surface area contributed by atoms with E-state index in [0.717, 1.165) is 12.1 Å². The van der Waals surface area contributed by atoms with Crippen molar-refractivity contribution in [1.29, 1.82) is 0 Å². The highest BCUT2D eigenvalue weighted by atomic mass is 16.5. The Balaban J connectivity index is 1.46. The van der Waals surface area contributed by atoms with Crippen molar-refractivity contribution in [3.05, 3.63) is 59.7 Å². The number of carbonyl (C=O) groups excluding carboxylic acids is 1. The summed E-state index contributed by atoms with van der Waals surface area (Å²) in [4.78, 5) is 14.8. The number of benzene rings is 2. The lowest BCUT2D eigenvalue weighted by atomic mass is 10.1. The maximum Gasteiger partial charge on any atom is 0.261 e. The van der Waals surface area contributed by atoms with Crippen molar-refractivity contribution in [2.24, 2.45) is 0 Å². The van der Waals surface area contributed by atoms with Gasteiger partial charge < -0.3 is 14.8 Å². The first-order chi connectivity index (χ1) is 13.1. The third-order valence-corrected chi connectivity index (χ3v) is 4.82. The Morgan fingerprint density at radius 1 is 1.07 bits per heavy atom. The summed E-state index contributed by atoms with van der Waals surface area (Å²) in [6, 6.07) is 15.7. The largest absolute Gasteiger partial charge is 0.497 e. The molecule has 0 saturated carbocycles. The van der Waals surface area contributed by atoms with Crippen LogP contribution in [0.4, 0.5) is 0 Å². The van der Waals surface area contributed by atoms with Gasteiger partial charge in [0.1, 0.15) is 11.5 Å². The van der Waals surface area contributed by atoms with E-state index in [1.165, 1.54) is 31.5 Å². The number of nitrogens with zero attached hydrogens (tertiary/aromatic N) is 1. The SMILES string of the molecule is COc1cccc(O[C@H](C)C(=O)NCc2ccc(CN3CCCC3)cc2)c1. The maximum absolute atomic E-state index is 12.3. The van der Waals surface area contributed by atoms with E-state index >= 15 is 0 Å². The van der Waals surface area contributed by atoms with Crippen LogP contribution in [0.5, 0.6) is 11.5 Å². The first kappa shape index (κ1) is 19.2. The molecule has 5 heteroatoms. The molecule has 1 saturated heterocycles. The fraction of sp³-hybridized carbons (Fsp3) is 0.409. The van der Waals surface area contributed by atoms with Gasteiger partial charge in [0.25, 0.3) is 5.91 Å². The highest BCUT2D eigenvalue weighted by molar-refractivity contribution is 5.80. The molecule has 0 aliphatic carbocycles. The van der Waals surface area contributed by atoms with Gasteiger partial charge in [0.15, 0.2) is 6.10 Å². The molecule has 5 nitrogen and oxygen atoms in total. The molecular formula is C22H28N2O3. The number of ether oxygens (including phenoxy) is 2. The summed E-state index contributed by atoms with van der Waals surface area (Å²) in [6.45, 7) is 5.65. The minimum absolute atomic E-state index is 0.140. The van der Waals surface area contributed by atoms with Crippen LogP contribution in [0.15, 0.2) is 48.5 Å². The average molecular weight is 368 g/mol. The summed E-state index contributed by atoms with van der Waals surface area (Å²) in [5.41, 5.74) is 2.41. The van der Waals surface area contributed by atoms with Crippen molar-refractivity contribution in [3.8, 4) is 11.5 Å². The number of rotatable bonds is 8. The second-order valence-electron chi connectivity index (χ2n) is 6.96. The van der Waals surface area contributed by atoms with Crippen LogP contribution in [0.1, 0.15) is 30.9 Å². The van der Waals surface area contributed by atoms with Gasteiger partial charge in [-0.3, -0.25) is 9.69 Å². The molecule has 0 radical (unpaired) electrons. The van der Waals surface area contributed by atoms with E-state index in [1.54, 1.807) is 20.1 Å². The number of methoxy groups -OCH3 is 1. The lowest BCUT2D eigenvalue weighted by Crippen LogP contribution is -2.35. The molecule has 1 aliphatic rings. The molecule has 3 rings (SSSR count). The topological polar surface area (TPSA) is 50.8 Å². The zero-order valence-corrected chi connectivity index (χ0v) is 16.1. The van der Waals surface area contributed by atoms with Crippen LogP contribution in [0, 0.1) is 0 Å². The summed E-state index contributed by atoms with van der Waals surface area (Å²) in [5, 5.41) is 2.93. The molecule has 1 amide bonds. The van der Waals surface area contributed by atoms with Crippen molar-refractivity contribution in [1.82, 2.24) is 10.2 Å². The van der Waals surface area contributed by atoms with Crippen LogP contribution < -0.4 is 14.8 Å². The Kier molecular flexibility index (Phi) is 6.71. The van der Waals surface area contributed by atoms with Crippen LogP contribution in [-0.2, 0) is 17.9 Å². The molecule has 27 heavy (non-hydrogen) atoms. The van der Waals surface area contributed by atoms with Gasteiger partial charge in [-0.05, 0) is 56.1 Å². The fourth-order valence-electron chi connectivity index (χ4n) is 3.23. The van der Waals surface area contributed by atoms with E-state index in [2.05, 4.69) is 34.5 Å². The van der Waals surface area contributed by atoms with Crippen molar-refractivity contribution in [3.63, 3.8) is 0 Å². The summed E-state index contributed by atoms with van der Waals surface area (Å²) in [7, 11) is 1.60. The Morgan fingerprint density at radius 3 is 2.44 bits per heavy atom. The molecule has 1 N–H and O–H groups in total. The number of hydrogen-bond acceptors (Lipinski definition) is 4. The van der Waals surface area contributed by atoms with E-state index in [9.17, 15) is 4.79 Å². The summed E-state index contributed by atoms with van der Waals surface area (Å²) >= 11 is 0. The fourth-order valence-corrected chi connectivity index (χ4v) is 3.23. The molecule has 1 fully saturated rings. The zero-order chi connectivity index (χ0) is 19.1. The molecule has 1 aliphatic heterocycles. The van der Waals surface area contributed by atoms with Gasteiger partial charge >= 0.3 is 0 Å². The van der Waals surface area contributed by atoms with Crippen molar-refractivity contribution in [2.75, 3.05) is 20.2 Å². The lowest BCUT2D eigenvalue weighted by Gasteiger charge is -2.16. The van der Waals surface area contributed by atoms with Gasteiger partial charge in [-0.1, -0.05) is 30.3 Å². The summed E-state index contributed by atoms with van der Waals surface area (Å²) in [5.74, 6) is 1.18. The second-order valence-corrected chi connectivity index (χ2v) is 6.96. The third kappa shape index (κ3) is 5.73. The van der Waals surface area contributed by atoms with Gasteiger partial charge in [0.2, 0.25) is 0 Å². The molecular weight excluding hydrogens is 340 g/mol. The number of amides is 1. The number of likely N-dealkylation sites (tertiary alicyclic amines) is 1. The molecule has 0 bridgehead atoms. The number of nitrogens with one attached hydrogen (secondary N) is 1. The molecule has 1 heterocycles. The predicted molar refractivity (Wildman–Crippen MR) is 106 cm³/mol. The first-order valence-electron chi connectivity index (χ1n) is 9.52. The Labute approximate surface area is 161 Å². The highest BCUT2D eigenvalue weighted by Gasteiger charge is 2.15. The van der Waals surface area contributed by atoms with E-state index in [0.29, 0.717) is 18.0 Å². The molecule has 2 aromatic rings. The summed E-state index contributed by atoms with van der Waals surface area (Å²) in [6.07, 6.45) is 2.03. The highest BCUT2D eigenvalue weighted by Crippen LogP contribution is 2.20. The van der Waals surface area contributed by atoms with Gasteiger partial charge in [-0.15, -0.1) is 0 Å². The molecule has 0 spiro atoms. The van der Waals surface area contributed by atoms with Crippen molar-refractivity contribution in [2.45, 2.75) is 39.0 Å². The van der Waals surface area contributed by atoms with E-state index in [1.807, 2.05) is 18.2 Å². The van der Waals surface area contributed by atoms with Crippen LogP contribution in [0.3, 0.4) is 0 Å². The van der Waals surface area contributed by atoms with Gasteiger partial charge in [-0.2, -0.15) is 0 Å². The summed E-state index contributed by atoms with van der Waals surface area (Å²) < 4.78 is 10.9. The van der Waals surface area contributed by atoms with Crippen LogP contribution >= 0.6 is 0 Å². The zero-order valence-electron chi connectivity index (χ0n) is 16.1. The first-order valence-corrected chi connectivity index (χ1v) is 9.52. The molecule has 2 aromatic carbocycles. The Morgan fingerprint density at radius 2 is 1.74 bits per heavy atom. The standard InChI is InChI=1S/C22H28N2O3/c1-17(27-21-7-5-6-20(14-21)26-2)22(25)23-15-18-8-10-19(11-9-18)16-24-12-3-4-13-24/h5-11,14,17H,3-4,12-13,15-16H2,1-2H3,(H,23,25)/t17-/m1/s1. The monoisotopic (exact) mass is 368 g/mol. The van der Waals surface area contributed by atoms with E-state index in [4.69, 9.17) is 9.47 Å². The second kappa shape index (κ2) is 9.42. The van der Waals surface area contributed by atoms with Crippen molar-refractivity contribution >= 4 is 5.91 Å². The van der Waals surface area contributed by atoms with Crippen molar-refractivity contribution < 1.29 is 14.3 Å². The maximum atomic E-state index is 12.3. The third-order valence-electron chi connectivity index (χ3n) is 4.82. The average Bonchev–Trinajstić information content (AvgIpc) is 3.20. The molecule has 0 aromatic heterocycles. The number of carbonyl (C=O) groups is 1. The normalized spacial score (nSPS) is 15.3. The molecule has 1 atom stereocenters. The van der Waals surface area contributed by atoms with Gasteiger partial charge in [0, 0.05) is 19.2 Å². The Hall–Kier alpha value is -2.53. The molecule has 0 unspecified atom stereocenters. The quantitative estimate of drug-likeness (QED) is 0.776. The van der Waals surface area contributed by atoms with Gasteiger partial charge in [-0.25, -0.2) is 0 Å². The Bertz CT molecular complexity index is 739. The minimum Gasteiger partial charge on any atom is -0.497 e. The van der Waals surface area contributed by atoms with Crippen LogP contribution in [-0.4, -0.2) is 37.1 Å². The molecule has 144 valence electrons.